The summed E-state index contributed by atoms with van der Waals surface area (Å²) >= 11 is 12.8. The van der Waals surface area contributed by atoms with E-state index < -0.39 is 12.0 Å². The predicted octanol–water partition coefficient (Wildman–Crippen LogP) is 5.64. The van der Waals surface area contributed by atoms with Gasteiger partial charge in [0.05, 0.1) is 16.1 Å². The minimum atomic E-state index is -0.780. The highest BCUT2D eigenvalue weighted by Crippen LogP contribution is 2.40. The van der Waals surface area contributed by atoms with Crippen LogP contribution in [0.5, 0.6) is 0 Å². The zero-order valence-electron chi connectivity index (χ0n) is 15.0. The second-order valence-electron chi connectivity index (χ2n) is 7.05. The first-order chi connectivity index (χ1) is 12.4. The van der Waals surface area contributed by atoms with E-state index in [1.54, 1.807) is 6.07 Å². The average molecular weight is 392 g/mol. The maximum atomic E-state index is 11.9. The van der Waals surface area contributed by atoms with Crippen molar-refractivity contribution in [2.24, 2.45) is 0 Å². The zero-order chi connectivity index (χ0) is 18.8. The topological polar surface area (TPSA) is 40.5 Å². The number of aryl methyl sites for hydroxylation is 2. The first-order valence-corrected chi connectivity index (χ1v) is 9.64. The van der Waals surface area contributed by atoms with Crippen molar-refractivity contribution >= 4 is 29.2 Å². The van der Waals surface area contributed by atoms with Crippen LogP contribution in [0.1, 0.15) is 47.6 Å². The van der Waals surface area contributed by atoms with Crippen molar-refractivity contribution in [1.82, 2.24) is 4.90 Å². The van der Waals surface area contributed by atoms with Crippen molar-refractivity contribution in [3.05, 3.63) is 68.7 Å². The van der Waals surface area contributed by atoms with Crippen molar-refractivity contribution < 1.29 is 9.90 Å². The number of carboxylic acids is 1. The van der Waals surface area contributed by atoms with Crippen LogP contribution in [-0.2, 0) is 4.79 Å². The Morgan fingerprint density at radius 2 is 1.85 bits per heavy atom. The number of piperidine rings is 1. The quantitative estimate of drug-likeness (QED) is 0.732. The number of halogens is 2. The molecule has 1 aliphatic rings. The van der Waals surface area contributed by atoms with Gasteiger partial charge in [-0.25, -0.2) is 0 Å². The van der Waals surface area contributed by atoms with E-state index in [1.165, 1.54) is 0 Å². The van der Waals surface area contributed by atoms with Crippen molar-refractivity contribution in [3.8, 4) is 0 Å². The van der Waals surface area contributed by atoms with Gasteiger partial charge in [-0.2, -0.15) is 0 Å². The van der Waals surface area contributed by atoms with Gasteiger partial charge in [-0.05, 0) is 50.4 Å². The van der Waals surface area contributed by atoms with Crippen LogP contribution < -0.4 is 0 Å². The van der Waals surface area contributed by atoms with Crippen LogP contribution in [0.3, 0.4) is 0 Å². The minimum Gasteiger partial charge on any atom is -0.480 e. The molecule has 0 radical (unpaired) electrons. The van der Waals surface area contributed by atoms with E-state index in [2.05, 4.69) is 36.9 Å². The Balaban J connectivity index is 2.18. The molecule has 0 spiro atoms. The molecule has 1 saturated heterocycles. The first-order valence-electron chi connectivity index (χ1n) is 8.89. The van der Waals surface area contributed by atoms with Gasteiger partial charge < -0.3 is 5.11 Å². The highest BCUT2D eigenvalue weighted by atomic mass is 35.5. The molecule has 1 aliphatic heterocycles. The van der Waals surface area contributed by atoms with Crippen LogP contribution in [-0.4, -0.2) is 28.6 Å². The van der Waals surface area contributed by atoms with Gasteiger partial charge in [0, 0.05) is 0 Å². The molecule has 5 heteroatoms. The summed E-state index contributed by atoms with van der Waals surface area (Å²) < 4.78 is 0. The summed E-state index contributed by atoms with van der Waals surface area (Å²) in [7, 11) is 0. The van der Waals surface area contributed by atoms with Gasteiger partial charge in [0.2, 0.25) is 0 Å². The van der Waals surface area contributed by atoms with Gasteiger partial charge in [0.1, 0.15) is 6.04 Å². The van der Waals surface area contributed by atoms with Crippen LogP contribution in [0.15, 0.2) is 36.4 Å². The van der Waals surface area contributed by atoms with Crippen molar-refractivity contribution in [2.75, 3.05) is 6.54 Å². The Kier molecular flexibility index (Phi) is 5.91. The zero-order valence-corrected chi connectivity index (χ0v) is 16.5. The standard InChI is InChI=1S/C21H23Cl2NO2/c1-13-10-14(2)12-15(11-13)20(16-6-5-7-17(22)19(16)23)24-9-4-3-8-18(24)21(25)26/h5-7,10-12,18,20H,3-4,8-9H2,1-2H3,(H,25,26). The van der Waals surface area contributed by atoms with Gasteiger partial charge in [-0.1, -0.05) is 71.1 Å². The van der Waals surface area contributed by atoms with Crippen LogP contribution in [0.25, 0.3) is 0 Å². The molecule has 3 rings (SSSR count). The van der Waals surface area contributed by atoms with E-state index >= 15 is 0 Å². The molecule has 0 aromatic heterocycles. The lowest BCUT2D eigenvalue weighted by molar-refractivity contribution is -0.145. The fourth-order valence-corrected chi connectivity index (χ4v) is 4.39. The summed E-state index contributed by atoms with van der Waals surface area (Å²) in [6.07, 6.45) is 2.55. The Bertz CT molecular complexity index is 801. The largest absolute Gasteiger partial charge is 0.480 e. The number of likely N-dealkylation sites (tertiary alicyclic amines) is 1. The number of aliphatic carboxylic acids is 1. The van der Waals surface area contributed by atoms with E-state index in [4.69, 9.17) is 23.2 Å². The monoisotopic (exact) mass is 391 g/mol. The lowest BCUT2D eigenvalue weighted by atomic mass is 9.90. The van der Waals surface area contributed by atoms with Crippen LogP contribution in [0.4, 0.5) is 0 Å². The molecular weight excluding hydrogens is 369 g/mol. The van der Waals surface area contributed by atoms with E-state index in [-0.39, 0.29) is 6.04 Å². The van der Waals surface area contributed by atoms with Gasteiger partial charge in [0.15, 0.2) is 0 Å². The highest BCUT2D eigenvalue weighted by Gasteiger charge is 2.36. The Labute approximate surface area is 164 Å². The van der Waals surface area contributed by atoms with Crippen molar-refractivity contribution in [3.63, 3.8) is 0 Å². The highest BCUT2D eigenvalue weighted by molar-refractivity contribution is 6.42. The van der Waals surface area contributed by atoms with Gasteiger partial charge in [0.25, 0.3) is 0 Å². The van der Waals surface area contributed by atoms with E-state index in [9.17, 15) is 9.90 Å². The van der Waals surface area contributed by atoms with Gasteiger partial charge >= 0.3 is 5.97 Å². The normalized spacial score (nSPS) is 19.3. The SMILES string of the molecule is Cc1cc(C)cc(C(c2cccc(Cl)c2Cl)N2CCCCC2C(=O)O)c1. The average Bonchev–Trinajstić information content (AvgIpc) is 2.58. The summed E-state index contributed by atoms with van der Waals surface area (Å²) in [5, 5.41) is 10.8. The number of hydrogen-bond acceptors (Lipinski definition) is 2. The predicted molar refractivity (Wildman–Crippen MR) is 106 cm³/mol. The Hall–Kier alpha value is -1.55. The molecule has 2 unspecified atom stereocenters. The number of carbonyl (C=O) groups is 1. The molecule has 1 heterocycles. The molecule has 1 N–H and O–H groups in total. The van der Waals surface area contributed by atoms with Crippen LogP contribution in [0, 0.1) is 13.8 Å². The summed E-state index contributed by atoms with van der Waals surface area (Å²) in [6.45, 7) is 4.83. The summed E-state index contributed by atoms with van der Waals surface area (Å²) in [4.78, 5) is 14.0. The first kappa shape index (κ1) is 19.2. The van der Waals surface area contributed by atoms with Crippen LogP contribution in [0.2, 0.25) is 10.0 Å². The molecule has 3 nitrogen and oxygen atoms in total. The number of rotatable bonds is 4. The molecule has 0 amide bonds. The number of carboxylic acid groups (broad SMARTS) is 1. The van der Waals surface area contributed by atoms with Crippen molar-refractivity contribution in [1.29, 1.82) is 0 Å². The molecule has 138 valence electrons. The number of benzene rings is 2. The fraction of sp³-hybridized carbons (Fsp3) is 0.381. The second-order valence-corrected chi connectivity index (χ2v) is 7.84. The third-order valence-corrected chi connectivity index (χ3v) is 5.83. The third-order valence-electron chi connectivity index (χ3n) is 5.00. The lowest BCUT2D eigenvalue weighted by Gasteiger charge is -2.40. The number of hydrogen-bond donors (Lipinski definition) is 1. The Morgan fingerprint density at radius 3 is 2.50 bits per heavy atom. The van der Waals surface area contributed by atoms with E-state index in [1.807, 2.05) is 12.1 Å². The molecule has 2 aromatic rings. The lowest BCUT2D eigenvalue weighted by Crippen LogP contribution is -2.47. The van der Waals surface area contributed by atoms with Gasteiger partial charge in [-0.15, -0.1) is 0 Å². The molecule has 26 heavy (non-hydrogen) atoms. The summed E-state index contributed by atoms with van der Waals surface area (Å²) in [6, 6.07) is 11.2. The molecule has 2 atom stereocenters. The molecule has 0 aliphatic carbocycles. The van der Waals surface area contributed by atoms with E-state index in [0.29, 0.717) is 16.5 Å². The third kappa shape index (κ3) is 3.90. The van der Waals surface area contributed by atoms with Crippen molar-refractivity contribution in [2.45, 2.75) is 45.2 Å². The maximum absolute atomic E-state index is 11.9. The second kappa shape index (κ2) is 7.99. The smallest absolute Gasteiger partial charge is 0.320 e. The van der Waals surface area contributed by atoms with Gasteiger partial charge in [-0.3, -0.25) is 9.69 Å². The molecule has 0 bridgehead atoms. The molecule has 2 aromatic carbocycles. The minimum absolute atomic E-state index is 0.235. The molecular formula is C21H23Cl2NO2. The number of nitrogens with zero attached hydrogens (tertiary/aromatic N) is 1. The maximum Gasteiger partial charge on any atom is 0.320 e. The Morgan fingerprint density at radius 1 is 1.15 bits per heavy atom. The summed E-state index contributed by atoms with van der Waals surface area (Å²) in [5.41, 5.74) is 4.20. The van der Waals surface area contributed by atoms with E-state index in [0.717, 1.165) is 41.6 Å². The van der Waals surface area contributed by atoms with Crippen LogP contribution >= 0.6 is 23.2 Å². The molecule has 0 saturated carbocycles. The molecule has 1 fully saturated rings. The fourth-order valence-electron chi connectivity index (χ4n) is 3.98. The summed E-state index contributed by atoms with van der Waals surface area (Å²) in [5.74, 6) is -0.780.